The summed E-state index contributed by atoms with van der Waals surface area (Å²) in [6.07, 6.45) is 2.80. The Hall–Kier alpha value is -4.30. The van der Waals surface area contributed by atoms with Gasteiger partial charge in [0.25, 0.3) is 0 Å². The monoisotopic (exact) mass is 612 g/mol. The van der Waals surface area contributed by atoms with Gasteiger partial charge in [-0.15, -0.1) is 0 Å². The number of carboxylic acid groups (broad SMARTS) is 1. The summed E-state index contributed by atoms with van der Waals surface area (Å²) in [7, 11) is 1.64. The van der Waals surface area contributed by atoms with Gasteiger partial charge in [-0.2, -0.15) is 11.8 Å². The molecule has 8 heteroatoms. The fraction of sp³-hybridized carbons (Fsp3) is 0.306. The number of ether oxygens (including phenoxy) is 2. The highest BCUT2D eigenvalue weighted by Crippen LogP contribution is 2.32. The molecule has 0 aliphatic carbocycles. The molecule has 0 aliphatic heterocycles. The van der Waals surface area contributed by atoms with Crippen LogP contribution in [0.2, 0.25) is 0 Å². The minimum absolute atomic E-state index is 0.158. The van der Waals surface area contributed by atoms with Crippen LogP contribution in [-0.2, 0) is 28.1 Å². The lowest BCUT2D eigenvalue weighted by molar-refractivity contribution is -0.141. The van der Waals surface area contributed by atoms with Crippen LogP contribution in [0.25, 0.3) is 11.1 Å². The van der Waals surface area contributed by atoms with Crippen molar-refractivity contribution in [1.82, 2.24) is 4.98 Å². The average Bonchev–Trinajstić information content (AvgIpc) is 3.01. The van der Waals surface area contributed by atoms with E-state index < -0.39 is 23.6 Å². The van der Waals surface area contributed by atoms with Crippen molar-refractivity contribution in [3.05, 3.63) is 114 Å². The number of aliphatic carboxylic acids is 1. The maximum atomic E-state index is 12.7. The lowest BCUT2D eigenvalue weighted by Gasteiger charge is -2.24. The van der Waals surface area contributed by atoms with E-state index >= 15 is 0 Å². The number of aromatic nitrogens is 1. The fourth-order valence-electron chi connectivity index (χ4n) is 4.83. The Bertz CT molecular complexity index is 1500. The molecule has 2 atom stereocenters. The molecule has 1 amide bonds. The summed E-state index contributed by atoms with van der Waals surface area (Å²) in [4.78, 5) is 29.2. The second kappa shape index (κ2) is 15.4. The zero-order chi connectivity index (χ0) is 31.5. The van der Waals surface area contributed by atoms with Gasteiger partial charge in [-0.25, -0.2) is 9.78 Å². The number of rotatable bonds is 13. The van der Waals surface area contributed by atoms with Crippen LogP contribution in [0.3, 0.4) is 0 Å². The van der Waals surface area contributed by atoms with Gasteiger partial charge < -0.3 is 14.6 Å². The molecule has 7 nitrogen and oxygen atoms in total. The maximum absolute atomic E-state index is 12.7. The molecule has 44 heavy (non-hydrogen) atoms. The Morgan fingerprint density at radius 2 is 1.59 bits per heavy atom. The van der Waals surface area contributed by atoms with E-state index in [9.17, 15) is 14.7 Å². The number of thioether (sulfide) groups is 1. The van der Waals surface area contributed by atoms with Crippen LogP contribution in [0, 0.1) is 5.92 Å². The van der Waals surface area contributed by atoms with Crippen molar-refractivity contribution in [2.45, 2.75) is 56.6 Å². The zero-order valence-corrected chi connectivity index (χ0v) is 26.5. The largest absolute Gasteiger partial charge is 0.497 e. The third-order valence-corrected chi connectivity index (χ3v) is 8.54. The molecule has 0 bridgehead atoms. The van der Waals surface area contributed by atoms with Gasteiger partial charge in [-0.3, -0.25) is 10.1 Å². The average molecular weight is 613 g/mol. The molecule has 0 aliphatic rings. The van der Waals surface area contributed by atoms with Crippen LogP contribution in [0.15, 0.2) is 97.2 Å². The van der Waals surface area contributed by atoms with Crippen LogP contribution in [0.4, 0.5) is 10.6 Å². The second-order valence-electron chi connectivity index (χ2n) is 11.6. The Labute approximate surface area is 264 Å². The van der Waals surface area contributed by atoms with E-state index in [2.05, 4.69) is 46.7 Å². The molecule has 1 heterocycles. The van der Waals surface area contributed by atoms with Crippen molar-refractivity contribution in [3.8, 4) is 16.9 Å². The van der Waals surface area contributed by atoms with Crippen LogP contribution in [0.5, 0.6) is 5.75 Å². The number of carbonyl (C=O) groups excluding carboxylic acids is 1. The first-order valence-electron chi connectivity index (χ1n) is 14.7. The van der Waals surface area contributed by atoms with E-state index in [1.54, 1.807) is 51.9 Å². The topological polar surface area (TPSA) is 97.8 Å². The SMILES string of the molecule is COc1ccc(CSC(CCc2cccc(-c3ccccc3)c2)C(Cc2ccc(NC(=O)OC(C)(C)C)nc2)C(=O)O)cc1. The number of carbonyl (C=O) groups is 2. The number of hydrogen-bond acceptors (Lipinski definition) is 6. The highest BCUT2D eigenvalue weighted by Gasteiger charge is 2.29. The first-order valence-corrected chi connectivity index (χ1v) is 15.7. The third-order valence-electron chi connectivity index (χ3n) is 7.05. The summed E-state index contributed by atoms with van der Waals surface area (Å²) < 4.78 is 10.6. The van der Waals surface area contributed by atoms with E-state index in [1.165, 1.54) is 5.56 Å². The van der Waals surface area contributed by atoms with Crippen LogP contribution < -0.4 is 10.1 Å². The molecule has 3 aromatic carbocycles. The van der Waals surface area contributed by atoms with Gasteiger partial charge in [0.05, 0.1) is 13.0 Å². The lowest BCUT2D eigenvalue weighted by Crippen LogP contribution is -2.29. The van der Waals surface area contributed by atoms with E-state index in [-0.39, 0.29) is 5.25 Å². The van der Waals surface area contributed by atoms with E-state index in [4.69, 9.17) is 9.47 Å². The molecule has 0 saturated heterocycles. The molecule has 2 N–H and O–H groups in total. The van der Waals surface area contributed by atoms with Gasteiger partial charge in [0, 0.05) is 17.2 Å². The van der Waals surface area contributed by atoms with E-state index in [0.29, 0.717) is 24.4 Å². The lowest BCUT2D eigenvalue weighted by atomic mass is 9.92. The summed E-state index contributed by atoms with van der Waals surface area (Å²) in [5.41, 5.74) is 4.74. The highest BCUT2D eigenvalue weighted by molar-refractivity contribution is 7.99. The summed E-state index contributed by atoms with van der Waals surface area (Å²) in [6.45, 7) is 5.37. The fourth-order valence-corrected chi connectivity index (χ4v) is 6.16. The number of amides is 1. The zero-order valence-electron chi connectivity index (χ0n) is 25.7. The molecule has 0 spiro atoms. The standard InChI is InChI=1S/C36H40N2O5S/c1-36(2,3)43-35(41)38-33-20-16-27(23-37-33)22-31(34(39)40)32(44-24-26-13-17-30(42-4)18-14-26)19-15-25-9-8-12-29(21-25)28-10-6-5-7-11-28/h5-14,16-18,20-21,23,31-32H,15,19,22,24H2,1-4H3,(H,39,40)(H,37,38,41). The van der Waals surface area contributed by atoms with Crippen LogP contribution in [-0.4, -0.2) is 40.1 Å². The molecule has 4 aromatic rings. The molecular weight excluding hydrogens is 572 g/mol. The summed E-state index contributed by atoms with van der Waals surface area (Å²) in [5, 5.41) is 12.9. The molecule has 0 radical (unpaired) electrons. The number of nitrogens with one attached hydrogen (secondary N) is 1. The molecule has 0 fully saturated rings. The van der Waals surface area contributed by atoms with Gasteiger partial charge in [0.15, 0.2) is 0 Å². The first-order chi connectivity index (χ1) is 21.1. The number of pyridine rings is 1. The molecule has 1 aromatic heterocycles. The van der Waals surface area contributed by atoms with E-state index in [1.807, 2.05) is 48.5 Å². The number of anilines is 1. The Kier molecular flexibility index (Phi) is 11.4. The first kappa shape index (κ1) is 32.6. The van der Waals surface area contributed by atoms with Crippen LogP contribution >= 0.6 is 11.8 Å². The molecule has 0 saturated carbocycles. The molecule has 230 valence electrons. The summed E-state index contributed by atoms with van der Waals surface area (Å²) in [6, 6.07) is 30.1. The van der Waals surface area contributed by atoms with Crippen molar-refractivity contribution in [2.75, 3.05) is 12.4 Å². The number of aryl methyl sites for hydroxylation is 1. The van der Waals surface area contributed by atoms with Gasteiger partial charge in [-0.1, -0.05) is 72.8 Å². The minimum atomic E-state index is -0.841. The van der Waals surface area contributed by atoms with Crippen LogP contribution in [0.1, 0.15) is 43.9 Å². The van der Waals surface area contributed by atoms with Crippen molar-refractivity contribution in [3.63, 3.8) is 0 Å². The van der Waals surface area contributed by atoms with Crippen molar-refractivity contribution in [2.24, 2.45) is 5.92 Å². The van der Waals surface area contributed by atoms with Gasteiger partial charge >= 0.3 is 12.1 Å². The number of benzene rings is 3. The predicted octanol–water partition coefficient (Wildman–Crippen LogP) is 8.28. The van der Waals surface area contributed by atoms with Gasteiger partial charge in [0.2, 0.25) is 0 Å². The number of hydrogen-bond donors (Lipinski definition) is 2. The summed E-state index contributed by atoms with van der Waals surface area (Å²) >= 11 is 1.66. The maximum Gasteiger partial charge on any atom is 0.413 e. The number of methoxy groups -OCH3 is 1. The normalized spacial score (nSPS) is 12.6. The molecular formula is C36H40N2O5S. The van der Waals surface area contributed by atoms with Gasteiger partial charge in [0.1, 0.15) is 17.2 Å². The second-order valence-corrected chi connectivity index (χ2v) is 12.9. The third kappa shape index (κ3) is 10.2. The predicted molar refractivity (Wildman–Crippen MR) is 177 cm³/mol. The number of carboxylic acids is 1. The van der Waals surface area contributed by atoms with Crippen molar-refractivity contribution in [1.29, 1.82) is 0 Å². The minimum Gasteiger partial charge on any atom is -0.497 e. The smallest absolute Gasteiger partial charge is 0.413 e. The summed E-state index contributed by atoms with van der Waals surface area (Å²) in [5.74, 6) is 0.334. The molecule has 2 unspecified atom stereocenters. The Balaban J connectivity index is 1.50. The Morgan fingerprint density at radius 3 is 2.23 bits per heavy atom. The highest BCUT2D eigenvalue weighted by atomic mass is 32.2. The quantitative estimate of drug-likeness (QED) is 0.157. The molecule has 4 rings (SSSR count). The van der Waals surface area contributed by atoms with Crippen molar-refractivity contribution >= 4 is 29.6 Å². The number of nitrogens with zero attached hydrogens (tertiary/aromatic N) is 1. The Morgan fingerprint density at radius 1 is 0.886 bits per heavy atom. The van der Waals surface area contributed by atoms with Crippen molar-refractivity contribution < 1.29 is 24.2 Å². The van der Waals surface area contributed by atoms with Gasteiger partial charge in [-0.05, 0) is 86.1 Å². The van der Waals surface area contributed by atoms with E-state index in [0.717, 1.165) is 34.4 Å².